The second-order valence-electron chi connectivity index (χ2n) is 3.96. The topological polar surface area (TPSA) is 87.0 Å². The molecule has 0 atom stereocenters. The lowest BCUT2D eigenvalue weighted by Crippen LogP contribution is -2.08. The van der Waals surface area contributed by atoms with Crippen LogP contribution in [-0.4, -0.2) is 14.5 Å². The van der Waals surface area contributed by atoms with Gasteiger partial charge in [-0.1, -0.05) is 12.1 Å². The minimum Gasteiger partial charge on any atom is -0.333 e. The lowest BCUT2D eigenvalue weighted by molar-refractivity contribution is -0.384. The van der Waals surface area contributed by atoms with Gasteiger partial charge in [0.2, 0.25) is 0 Å². The van der Waals surface area contributed by atoms with E-state index in [2.05, 4.69) is 4.98 Å². The van der Waals surface area contributed by atoms with Gasteiger partial charge in [-0.2, -0.15) is 0 Å². The minimum atomic E-state index is -0.397. The maximum absolute atomic E-state index is 10.5. The van der Waals surface area contributed by atoms with E-state index in [1.807, 2.05) is 4.57 Å². The van der Waals surface area contributed by atoms with Crippen molar-refractivity contribution in [3.8, 4) is 0 Å². The summed E-state index contributed by atoms with van der Waals surface area (Å²) in [7, 11) is 0. The van der Waals surface area contributed by atoms with Crippen LogP contribution in [0.4, 0.5) is 5.69 Å². The van der Waals surface area contributed by atoms with E-state index < -0.39 is 4.92 Å². The van der Waals surface area contributed by atoms with Gasteiger partial charge in [-0.25, -0.2) is 4.98 Å². The number of imidazole rings is 1. The summed E-state index contributed by atoms with van der Waals surface area (Å²) < 4.78 is 1.99. The molecule has 6 nitrogen and oxygen atoms in total. The zero-order chi connectivity index (χ0) is 13.0. The predicted octanol–water partition coefficient (Wildman–Crippen LogP) is 1.49. The van der Waals surface area contributed by atoms with E-state index in [0.717, 1.165) is 24.2 Å². The molecule has 0 radical (unpaired) electrons. The van der Waals surface area contributed by atoms with Gasteiger partial charge in [0.25, 0.3) is 5.69 Å². The number of nitro benzene ring substituents is 1. The van der Waals surface area contributed by atoms with E-state index in [1.54, 1.807) is 24.7 Å². The van der Waals surface area contributed by atoms with Crippen molar-refractivity contribution in [2.45, 2.75) is 19.5 Å². The van der Waals surface area contributed by atoms with Gasteiger partial charge in [0.15, 0.2) is 0 Å². The van der Waals surface area contributed by atoms with E-state index in [1.165, 1.54) is 12.1 Å². The molecule has 0 saturated carbocycles. The molecule has 94 valence electrons. The van der Waals surface area contributed by atoms with Crippen LogP contribution < -0.4 is 5.73 Å². The monoisotopic (exact) mass is 246 g/mol. The van der Waals surface area contributed by atoms with Crippen LogP contribution in [0.2, 0.25) is 0 Å². The molecule has 0 unspecified atom stereocenters. The summed E-state index contributed by atoms with van der Waals surface area (Å²) in [5, 5.41) is 10.5. The van der Waals surface area contributed by atoms with Crippen LogP contribution in [-0.2, 0) is 19.5 Å². The number of aromatic nitrogens is 2. The normalized spacial score (nSPS) is 10.5. The van der Waals surface area contributed by atoms with Gasteiger partial charge in [0.05, 0.1) is 16.9 Å². The molecule has 0 fully saturated rings. The van der Waals surface area contributed by atoms with E-state index in [9.17, 15) is 10.1 Å². The fraction of sp³-hybridized carbons (Fsp3) is 0.250. The molecule has 2 rings (SSSR count). The molecular formula is C12H14N4O2. The number of nitrogens with two attached hydrogens (primary N) is 1. The van der Waals surface area contributed by atoms with Crippen molar-refractivity contribution in [1.82, 2.24) is 9.55 Å². The summed E-state index contributed by atoms with van der Waals surface area (Å²) in [5.74, 6) is 0. The summed E-state index contributed by atoms with van der Waals surface area (Å²) >= 11 is 0. The lowest BCUT2D eigenvalue weighted by atomic mass is 10.1. The largest absolute Gasteiger partial charge is 0.333 e. The third-order valence-corrected chi connectivity index (χ3v) is 2.80. The number of hydrogen-bond acceptors (Lipinski definition) is 4. The molecule has 2 aromatic rings. The molecular weight excluding hydrogens is 232 g/mol. The van der Waals surface area contributed by atoms with Crippen LogP contribution in [0.15, 0.2) is 36.8 Å². The molecule has 0 spiro atoms. The van der Waals surface area contributed by atoms with Crippen molar-refractivity contribution < 1.29 is 4.92 Å². The molecule has 2 N–H and O–H groups in total. The molecule has 0 aliphatic carbocycles. The maximum Gasteiger partial charge on any atom is 0.269 e. The summed E-state index contributed by atoms with van der Waals surface area (Å²) in [5.41, 5.74) is 7.73. The minimum absolute atomic E-state index is 0.115. The third kappa shape index (κ3) is 2.72. The van der Waals surface area contributed by atoms with Gasteiger partial charge in [0, 0.05) is 31.4 Å². The summed E-state index contributed by atoms with van der Waals surface area (Å²) in [6.45, 7) is 1.23. The summed E-state index contributed by atoms with van der Waals surface area (Å²) in [6, 6.07) is 6.59. The molecule has 1 aromatic carbocycles. The highest BCUT2D eigenvalue weighted by Gasteiger charge is 2.04. The van der Waals surface area contributed by atoms with Crippen molar-refractivity contribution in [3.05, 3.63) is 58.2 Å². The van der Waals surface area contributed by atoms with E-state index in [4.69, 9.17) is 5.73 Å². The van der Waals surface area contributed by atoms with Crippen molar-refractivity contribution >= 4 is 5.69 Å². The smallest absolute Gasteiger partial charge is 0.269 e. The molecule has 0 bridgehead atoms. The molecule has 1 heterocycles. The quantitative estimate of drug-likeness (QED) is 0.639. The second-order valence-corrected chi connectivity index (χ2v) is 3.96. The van der Waals surface area contributed by atoms with Crippen LogP contribution >= 0.6 is 0 Å². The second kappa shape index (κ2) is 5.42. The van der Waals surface area contributed by atoms with Crippen LogP contribution in [0.25, 0.3) is 0 Å². The molecule has 0 aliphatic heterocycles. The fourth-order valence-corrected chi connectivity index (χ4v) is 1.75. The maximum atomic E-state index is 10.5. The Morgan fingerprint density at radius 1 is 1.33 bits per heavy atom. The fourth-order valence-electron chi connectivity index (χ4n) is 1.75. The highest BCUT2D eigenvalue weighted by molar-refractivity contribution is 5.32. The average molecular weight is 246 g/mol. The van der Waals surface area contributed by atoms with E-state index in [0.29, 0.717) is 6.54 Å². The third-order valence-electron chi connectivity index (χ3n) is 2.80. The standard InChI is InChI=1S/C12H14N4O2/c13-7-12-8-14-9-15(12)6-5-10-1-3-11(4-2-10)16(17)18/h1-4,8-9H,5-7,13H2. The Kier molecular flexibility index (Phi) is 3.69. The van der Waals surface area contributed by atoms with Crippen LogP contribution in [0.5, 0.6) is 0 Å². The SMILES string of the molecule is NCc1cncn1CCc1ccc([N+](=O)[O-])cc1. The van der Waals surface area contributed by atoms with Crippen molar-refractivity contribution in [2.75, 3.05) is 0 Å². The zero-order valence-corrected chi connectivity index (χ0v) is 9.82. The Morgan fingerprint density at radius 2 is 2.06 bits per heavy atom. The Balaban J connectivity index is 2.00. The first-order valence-corrected chi connectivity index (χ1v) is 5.63. The zero-order valence-electron chi connectivity index (χ0n) is 9.82. The van der Waals surface area contributed by atoms with Gasteiger partial charge in [-0.3, -0.25) is 10.1 Å². The molecule has 1 aromatic heterocycles. The van der Waals surface area contributed by atoms with Crippen LogP contribution in [0, 0.1) is 10.1 Å². The summed E-state index contributed by atoms with van der Waals surface area (Å²) in [4.78, 5) is 14.2. The molecule has 0 aliphatic rings. The predicted molar refractivity (Wildman–Crippen MR) is 66.9 cm³/mol. The number of non-ortho nitro benzene ring substituents is 1. The Morgan fingerprint density at radius 3 is 2.67 bits per heavy atom. The van der Waals surface area contributed by atoms with Crippen LogP contribution in [0.1, 0.15) is 11.3 Å². The van der Waals surface area contributed by atoms with E-state index in [-0.39, 0.29) is 5.69 Å². The number of aryl methyl sites for hydroxylation is 2. The molecule has 6 heteroatoms. The molecule has 0 amide bonds. The van der Waals surface area contributed by atoms with Crippen LogP contribution in [0.3, 0.4) is 0 Å². The Hall–Kier alpha value is -2.21. The van der Waals surface area contributed by atoms with Gasteiger partial charge >= 0.3 is 0 Å². The first-order chi connectivity index (χ1) is 8.70. The van der Waals surface area contributed by atoms with Crippen molar-refractivity contribution in [2.24, 2.45) is 5.73 Å². The van der Waals surface area contributed by atoms with Gasteiger partial charge in [-0.05, 0) is 12.0 Å². The van der Waals surface area contributed by atoms with Gasteiger partial charge in [-0.15, -0.1) is 0 Å². The number of benzene rings is 1. The molecule has 0 saturated heterocycles. The van der Waals surface area contributed by atoms with Crippen molar-refractivity contribution in [3.63, 3.8) is 0 Å². The average Bonchev–Trinajstić information content (AvgIpc) is 2.84. The van der Waals surface area contributed by atoms with Gasteiger partial charge in [0.1, 0.15) is 0 Å². The number of nitro groups is 1. The highest BCUT2D eigenvalue weighted by Crippen LogP contribution is 2.13. The Bertz CT molecular complexity index is 533. The first kappa shape index (κ1) is 12.3. The number of rotatable bonds is 5. The van der Waals surface area contributed by atoms with Gasteiger partial charge < -0.3 is 10.3 Å². The number of hydrogen-bond donors (Lipinski definition) is 1. The molecule has 18 heavy (non-hydrogen) atoms. The van der Waals surface area contributed by atoms with Crippen molar-refractivity contribution in [1.29, 1.82) is 0 Å². The highest BCUT2D eigenvalue weighted by atomic mass is 16.6. The van der Waals surface area contributed by atoms with E-state index >= 15 is 0 Å². The first-order valence-electron chi connectivity index (χ1n) is 5.63. The number of nitrogens with zero attached hydrogens (tertiary/aromatic N) is 3. The lowest BCUT2D eigenvalue weighted by Gasteiger charge is -2.06. The summed E-state index contributed by atoms with van der Waals surface area (Å²) in [6.07, 6.45) is 4.28. The Labute approximate surface area is 104 Å².